The minimum absolute atomic E-state index is 0.0882. The maximum Gasteiger partial charge on any atom is 0.269 e. The van der Waals surface area contributed by atoms with Crippen molar-refractivity contribution in [2.45, 2.75) is 10.6 Å². The standard InChI is InChI=1S/C14H14N2O3S/c1-15-14-7-2-11(16(18)19)8-10(14)9-20-13-5-3-12(17)4-6-13/h2-8,15,17H,9H2,1H3. The van der Waals surface area contributed by atoms with Gasteiger partial charge in [0, 0.05) is 35.5 Å². The van der Waals surface area contributed by atoms with Crippen LogP contribution in [-0.2, 0) is 5.75 Å². The maximum atomic E-state index is 10.8. The van der Waals surface area contributed by atoms with E-state index in [-0.39, 0.29) is 11.4 Å². The van der Waals surface area contributed by atoms with Gasteiger partial charge in [0.1, 0.15) is 5.75 Å². The van der Waals surface area contributed by atoms with Crippen molar-refractivity contribution in [1.29, 1.82) is 0 Å². The molecule has 0 heterocycles. The van der Waals surface area contributed by atoms with E-state index in [1.807, 2.05) is 12.1 Å². The van der Waals surface area contributed by atoms with Crippen LogP contribution in [0.1, 0.15) is 5.56 Å². The van der Waals surface area contributed by atoms with Gasteiger partial charge in [-0.15, -0.1) is 11.8 Å². The third kappa shape index (κ3) is 3.42. The number of rotatable bonds is 5. The predicted octanol–water partition coefficient (Wildman–Crippen LogP) is 3.63. The van der Waals surface area contributed by atoms with E-state index < -0.39 is 4.92 Å². The van der Waals surface area contributed by atoms with Crippen molar-refractivity contribution in [1.82, 2.24) is 0 Å². The van der Waals surface area contributed by atoms with Gasteiger partial charge in [0.25, 0.3) is 5.69 Å². The summed E-state index contributed by atoms with van der Waals surface area (Å²) in [6.45, 7) is 0. The lowest BCUT2D eigenvalue weighted by atomic mass is 10.2. The molecule has 0 fully saturated rings. The van der Waals surface area contributed by atoms with E-state index in [0.717, 1.165) is 16.1 Å². The molecular formula is C14H14N2O3S. The molecule has 0 aromatic heterocycles. The van der Waals surface area contributed by atoms with Gasteiger partial charge in [-0.1, -0.05) is 0 Å². The van der Waals surface area contributed by atoms with E-state index in [0.29, 0.717) is 5.75 Å². The summed E-state index contributed by atoms with van der Waals surface area (Å²) in [5, 5.41) is 23.1. The maximum absolute atomic E-state index is 10.8. The molecule has 20 heavy (non-hydrogen) atoms. The average molecular weight is 290 g/mol. The highest BCUT2D eigenvalue weighted by atomic mass is 32.2. The molecule has 0 amide bonds. The lowest BCUT2D eigenvalue weighted by Gasteiger charge is -2.09. The average Bonchev–Trinajstić information content (AvgIpc) is 2.46. The van der Waals surface area contributed by atoms with Crippen molar-refractivity contribution in [2.75, 3.05) is 12.4 Å². The van der Waals surface area contributed by atoms with Gasteiger partial charge in [-0.2, -0.15) is 0 Å². The number of non-ortho nitro benzene ring substituents is 1. The lowest BCUT2D eigenvalue weighted by Crippen LogP contribution is -1.96. The van der Waals surface area contributed by atoms with E-state index in [4.69, 9.17) is 0 Å². The number of nitrogens with one attached hydrogen (secondary N) is 1. The van der Waals surface area contributed by atoms with E-state index in [2.05, 4.69) is 5.32 Å². The van der Waals surface area contributed by atoms with Crippen molar-refractivity contribution in [2.24, 2.45) is 0 Å². The molecule has 0 saturated heterocycles. The van der Waals surface area contributed by atoms with Gasteiger partial charge < -0.3 is 10.4 Å². The van der Waals surface area contributed by atoms with Gasteiger partial charge in [0.15, 0.2) is 0 Å². The third-order valence-corrected chi connectivity index (χ3v) is 3.86. The summed E-state index contributed by atoms with van der Waals surface area (Å²) in [4.78, 5) is 11.4. The summed E-state index contributed by atoms with van der Waals surface area (Å²) in [5.41, 5.74) is 1.84. The van der Waals surface area contributed by atoms with Crippen LogP contribution in [0.5, 0.6) is 5.75 Å². The number of hydrogen-bond acceptors (Lipinski definition) is 5. The van der Waals surface area contributed by atoms with Gasteiger partial charge in [-0.3, -0.25) is 10.1 Å². The largest absolute Gasteiger partial charge is 0.508 e. The first-order valence-electron chi connectivity index (χ1n) is 5.97. The van der Waals surface area contributed by atoms with Crippen LogP contribution in [0.3, 0.4) is 0 Å². The molecule has 6 heteroatoms. The quantitative estimate of drug-likeness (QED) is 0.499. The van der Waals surface area contributed by atoms with Gasteiger partial charge in [0.2, 0.25) is 0 Å². The number of anilines is 1. The fraction of sp³-hybridized carbons (Fsp3) is 0.143. The molecular weight excluding hydrogens is 276 g/mol. The molecule has 0 atom stereocenters. The molecule has 0 aliphatic rings. The Morgan fingerprint density at radius 2 is 1.95 bits per heavy atom. The van der Waals surface area contributed by atoms with Gasteiger partial charge in [-0.05, 0) is 35.9 Å². The molecule has 2 N–H and O–H groups in total. The molecule has 2 rings (SSSR count). The fourth-order valence-electron chi connectivity index (χ4n) is 1.76. The Hall–Kier alpha value is -2.21. The number of benzene rings is 2. The number of aromatic hydroxyl groups is 1. The zero-order valence-corrected chi connectivity index (χ0v) is 11.7. The summed E-state index contributed by atoms with van der Waals surface area (Å²) in [6, 6.07) is 11.7. The first-order valence-corrected chi connectivity index (χ1v) is 6.95. The molecule has 0 aliphatic carbocycles. The van der Waals surface area contributed by atoms with Crippen molar-refractivity contribution in [3.8, 4) is 5.75 Å². The van der Waals surface area contributed by atoms with Crippen LogP contribution in [0.2, 0.25) is 0 Å². The van der Waals surface area contributed by atoms with Crippen LogP contribution < -0.4 is 5.32 Å². The molecule has 104 valence electrons. The predicted molar refractivity (Wildman–Crippen MR) is 80.3 cm³/mol. The van der Waals surface area contributed by atoms with E-state index in [1.54, 1.807) is 43.1 Å². The molecule has 0 spiro atoms. The van der Waals surface area contributed by atoms with Crippen LogP contribution in [0.15, 0.2) is 47.4 Å². The first-order chi connectivity index (χ1) is 9.60. The Labute approximate surface area is 120 Å². The molecule has 0 saturated carbocycles. The second-order valence-electron chi connectivity index (χ2n) is 4.13. The van der Waals surface area contributed by atoms with Crippen LogP contribution in [0.4, 0.5) is 11.4 Å². The number of nitro benzene ring substituents is 1. The van der Waals surface area contributed by atoms with E-state index in [9.17, 15) is 15.2 Å². The van der Waals surface area contributed by atoms with Crippen molar-refractivity contribution in [3.63, 3.8) is 0 Å². The zero-order valence-electron chi connectivity index (χ0n) is 10.9. The number of phenols is 1. The van der Waals surface area contributed by atoms with Crippen LogP contribution in [0, 0.1) is 10.1 Å². The molecule has 0 radical (unpaired) electrons. The van der Waals surface area contributed by atoms with Crippen LogP contribution in [0.25, 0.3) is 0 Å². The highest BCUT2D eigenvalue weighted by molar-refractivity contribution is 7.98. The molecule has 0 aliphatic heterocycles. The molecule has 0 unspecified atom stereocenters. The Bertz CT molecular complexity index is 614. The van der Waals surface area contributed by atoms with Crippen molar-refractivity contribution in [3.05, 3.63) is 58.1 Å². The van der Waals surface area contributed by atoms with E-state index in [1.165, 1.54) is 6.07 Å². The summed E-state index contributed by atoms with van der Waals surface area (Å²) in [7, 11) is 1.79. The SMILES string of the molecule is CNc1ccc([N+](=O)[O-])cc1CSc1ccc(O)cc1. The topological polar surface area (TPSA) is 75.4 Å². The number of thioether (sulfide) groups is 1. The Balaban J connectivity index is 2.16. The second kappa shape index (κ2) is 6.29. The Morgan fingerprint density at radius 3 is 2.55 bits per heavy atom. The highest BCUT2D eigenvalue weighted by Gasteiger charge is 2.10. The summed E-state index contributed by atoms with van der Waals surface area (Å²) in [5.74, 6) is 0.837. The molecule has 0 bridgehead atoms. The number of phenolic OH excluding ortho intramolecular Hbond substituents is 1. The summed E-state index contributed by atoms with van der Waals surface area (Å²) < 4.78 is 0. The van der Waals surface area contributed by atoms with Crippen molar-refractivity contribution < 1.29 is 10.0 Å². The zero-order chi connectivity index (χ0) is 14.5. The Kier molecular flexibility index (Phi) is 4.47. The molecule has 2 aromatic carbocycles. The summed E-state index contributed by atoms with van der Waals surface area (Å²) >= 11 is 1.56. The lowest BCUT2D eigenvalue weighted by molar-refractivity contribution is -0.384. The Morgan fingerprint density at radius 1 is 1.25 bits per heavy atom. The first kappa shape index (κ1) is 14.2. The van der Waals surface area contributed by atoms with Gasteiger partial charge in [0.05, 0.1) is 4.92 Å². The number of nitrogens with zero attached hydrogens (tertiary/aromatic N) is 1. The second-order valence-corrected chi connectivity index (χ2v) is 5.18. The molecule has 5 nitrogen and oxygen atoms in total. The van der Waals surface area contributed by atoms with Crippen LogP contribution in [-0.4, -0.2) is 17.1 Å². The molecule has 2 aromatic rings. The fourth-order valence-corrected chi connectivity index (χ4v) is 2.65. The normalized spacial score (nSPS) is 10.2. The highest BCUT2D eigenvalue weighted by Crippen LogP contribution is 2.30. The minimum atomic E-state index is -0.395. The third-order valence-electron chi connectivity index (χ3n) is 2.80. The van der Waals surface area contributed by atoms with E-state index >= 15 is 0 Å². The minimum Gasteiger partial charge on any atom is -0.508 e. The summed E-state index contributed by atoms with van der Waals surface area (Å²) in [6.07, 6.45) is 0. The smallest absolute Gasteiger partial charge is 0.269 e. The van der Waals surface area contributed by atoms with Crippen molar-refractivity contribution >= 4 is 23.1 Å². The van der Waals surface area contributed by atoms with Crippen LogP contribution >= 0.6 is 11.8 Å². The van der Waals surface area contributed by atoms with Gasteiger partial charge >= 0.3 is 0 Å². The van der Waals surface area contributed by atoms with Gasteiger partial charge in [-0.25, -0.2) is 0 Å². The number of nitro groups is 1. The number of hydrogen-bond donors (Lipinski definition) is 2. The monoisotopic (exact) mass is 290 g/mol.